The lowest BCUT2D eigenvalue weighted by atomic mass is 9.81. The fourth-order valence-corrected chi connectivity index (χ4v) is 4.36. The number of carbonyl (C=O) groups excluding carboxylic acids is 1. The third-order valence-corrected chi connectivity index (χ3v) is 5.99. The molecular formula is C27H54O2. The summed E-state index contributed by atoms with van der Waals surface area (Å²) in [5.74, 6) is 0.695. The highest BCUT2D eigenvalue weighted by Gasteiger charge is 2.19. The maximum atomic E-state index is 11.9. The molecular weight excluding hydrogens is 356 g/mol. The van der Waals surface area contributed by atoms with Gasteiger partial charge in [-0.1, -0.05) is 125 Å². The zero-order valence-corrected chi connectivity index (χ0v) is 20.8. The second kappa shape index (κ2) is 19.4. The van der Waals surface area contributed by atoms with E-state index in [0.29, 0.717) is 18.9 Å². The summed E-state index contributed by atoms with van der Waals surface area (Å²) < 4.78 is 5.44. The van der Waals surface area contributed by atoms with Crippen LogP contribution in [0.5, 0.6) is 0 Å². The molecule has 0 aromatic carbocycles. The minimum Gasteiger partial charge on any atom is -0.466 e. The molecule has 0 rings (SSSR count). The van der Waals surface area contributed by atoms with Gasteiger partial charge >= 0.3 is 5.97 Å². The normalized spacial score (nSPS) is 11.9. The molecule has 0 aliphatic rings. The summed E-state index contributed by atoms with van der Waals surface area (Å²) in [5.41, 5.74) is 0.267. The molecule has 0 aromatic rings. The summed E-state index contributed by atoms with van der Waals surface area (Å²) in [6.45, 7) is 11.9. The number of unbranched alkanes of at least 4 members (excludes halogenated alkanes) is 14. The van der Waals surface area contributed by atoms with Gasteiger partial charge in [0.15, 0.2) is 0 Å². The van der Waals surface area contributed by atoms with Crippen LogP contribution in [0, 0.1) is 11.3 Å². The van der Waals surface area contributed by atoms with Crippen molar-refractivity contribution >= 4 is 5.97 Å². The first-order valence-electron chi connectivity index (χ1n) is 13.0. The van der Waals surface area contributed by atoms with Crippen molar-refractivity contribution in [3.63, 3.8) is 0 Å². The van der Waals surface area contributed by atoms with E-state index in [4.69, 9.17) is 4.74 Å². The Bertz CT molecular complexity index is 360. The van der Waals surface area contributed by atoms with E-state index >= 15 is 0 Å². The van der Waals surface area contributed by atoms with Gasteiger partial charge in [-0.25, -0.2) is 0 Å². The van der Waals surface area contributed by atoms with Gasteiger partial charge in [0.05, 0.1) is 6.61 Å². The molecule has 0 aliphatic carbocycles. The molecule has 0 heterocycles. The van der Waals surface area contributed by atoms with Crippen LogP contribution in [0.1, 0.15) is 150 Å². The van der Waals surface area contributed by atoms with Crippen molar-refractivity contribution in [2.75, 3.05) is 6.61 Å². The summed E-state index contributed by atoms with van der Waals surface area (Å²) in [4.78, 5) is 11.9. The van der Waals surface area contributed by atoms with E-state index in [1.807, 2.05) is 0 Å². The van der Waals surface area contributed by atoms with Crippen LogP contribution in [0.4, 0.5) is 0 Å². The van der Waals surface area contributed by atoms with Gasteiger partial charge in [-0.15, -0.1) is 0 Å². The molecule has 0 radical (unpaired) electrons. The van der Waals surface area contributed by atoms with E-state index in [0.717, 1.165) is 12.8 Å². The lowest BCUT2D eigenvalue weighted by Crippen LogP contribution is -2.18. The first kappa shape index (κ1) is 28.5. The van der Waals surface area contributed by atoms with Crippen molar-refractivity contribution in [1.29, 1.82) is 0 Å². The molecule has 0 aromatic heterocycles. The highest BCUT2D eigenvalue weighted by molar-refractivity contribution is 5.69. The monoisotopic (exact) mass is 410 g/mol. The van der Waals surface area contributed by atoms with E-state index in [9.17, 15) is 4.79 Å². The van der Waals surface area contributed by atoms with Gasteiger partial charge in [0.1, 0.15) is 0 Å². The second-order valence-corrected chi connectivity index (χ2v) is 10.4. The van der Waals surface area contributed by atoms with Crippen molar-refractivity contribution in [2.24, 2.45) is 11.3 Å². The summed E-state index contributed by atoms with van der Waals surface area (Å²) in [5, 5.41) is 0. The first-order valence-corrected chi connectivity index (χ1v) is 13.0. The van der Waals surface area contributed by atoms with Crippen molar-refractivity contribution in [2.45, 2.75) is 150 Å². The molecule has 0 spiro atoms. The predicted octanol–water partition coefficient (Wildman–Crippen LogP) is 9.25. The number of carbonyl (C=O) groups is 1. The van der Waals surface area contributed by atoms with Gasteiger partial charge < -0.3 is 4.74 Å². The molecule has 0 bridgehead atoms. The molecule has 0 saturated heterocycles. The SMILES string of the molecule is CCCCCCCCCCCCCCCCCC(=O)OCCC(C)(C)CC(C)C. The van der Waals surface area contributed by atoms with Crippen molar-refractivity contribution in [3.8, 4) is 0 Å². The highest BCUT2D eigenvalue weighted by Crippen LogP contribution is 2.29. The number of rotatable bonds is 21. The van der Waals surface area contributed by atoms with E-state index in [-0.39, 0.29) is 11.4 Å². The van der Waals surface area contributed by atoms with Crippen LogP contribution < -0.4 is 0 Å². The minimum absolute atomic E-state index is 0.0000380. The van der Waals surface area contributed by atoms with E-state index < -0.39 is 0 Å². The zero-order valence-electron chi connectivity index (χ0n) is 20.8. The molecule has 174 valence electrons. The Labute approximate surface area is 184 Å². The molecule has 0 fully saturated rings. The van der Waals surface area contributed by atoms with Gasteiger partial charge in [0.2, 0.25) is 0 Å². The van der Waals surface area contributed by atoms with Crippen molar-refractivity contribution in [3.05, 3.63) is 0 Å². The Morgan fingerprint density at radius 1 is 0.724 bits per heavy atom. The van der Waals surface area contributed by atoms with E-state index in [1.165, 1.54) is 96.3 Å². The number of hydrogen-bond acceptors (Lipinski definition) is 2. The van der Waals surface area contributed by atoms with Gasteiger partial charge in [0.25, 0.3) is 0 Å². The van der Waals surface area contributed by atoms with Crippen LogP contribution in [0.2, 0.25) is 0 Å². The maximum Gasteiger partial charge on any atom is 0.305 e. The van der Waals surface area contributed by atoms with Gasteiger partial charge in [0, 0.05) is 6.42 Å². The Balaban J connectivity index is 3.31. The van der Waals surface area contributed by atoms with Crippen LogP contribution in [0.3, 0.4) is 0 Å². The van der Waals surface area contributed by atoms with Crippen LogP contribution >= 0.6 is 0 Å². The molecule has 0 atom stereocenters. The highest BCUT2D eigenvalue weighted by atomic mass is 16.5. The standard InChI is InChI=1S/C27H54O2/c1-6-7-8-9-10-11-12-13-14-15-16-17-18-19-20-21-26(28)29-23-22-27(4,5)24-25(2)3/h25H,6-24H2,1-5H3. The lowest BCUT2D eigenvalue weighted by molar-refractivity contribution is -0.144. The molecule has 2 nitrogen and oxygen atoms in total. The van der Waals surface area contributed by atoms with Crippen LogP contribution in [0.15, 0.2) is 0 Å². The third kappa shape index (κ3) is 22.0. The molecule has 2 heteroatoms. The molecule has 0 aliphatic heterocycles. The first-order chi connectivity index (χ1) is 13.9. The van der Waals surface area contributed by atoms with E-state index in [1.54, 1.807) is 0 Å². The predicted molar refractivity (Wildman–Crippen MR) is 128 cm³/mol. The van der Waals surface area contributed by atoms with Gasteiger partial charge in [-0.05, 0) is 30.6 Å². The summed E-state index contributed by atoms with van der Waals surface area (Å²) in [7, 11) is 0. The lowest BCUT2D eigenvalue weighted by Gasteiger charge is -2.26. The summed E-state index contributed by atoms with van der Waals surface area (Å²) in [6, 6.07) is 0. The Hall–Kier alpha value is -0.530. The number of esters is 1. The molecule has 0 unspecified atom stereocenters. The zero-order chi connectivity index (χ0) is 21.8. The van der Waals surface area contributed by atoms with E-state index in [2.05, 4.69) is 34.6 Å². The average Bonchev–Trinajstić information content (AvgIpc) is 2.63. The summed E-state index contributed by atoms with van der Waals surface area (Å²) >= 11 is 0. The Morgan fingerprint density at radius 3 is 1.55 bits per heavy atom. The quantitative estimate of drug-likeness (QED) is 0.139. The van der Waals surface area contributed by atoms with Crippen LogP contribution in [-0.2, 0) is 9.53 Å². The summed E-state index contributed by atoms with van der Waals surface area (Å²) in [6.07, 6.45) is 23.1. The molecule has 0 N–H and O–H groups in total. The molecule has 0 amide bonds. The molecule has 29 heavy (non-hydrogen) atoms. The topological polar surface area (TPSA) is 26.3 Å². The van der Waals surface area contributed by atoms with Crippen molar-refractivity contribution < 1.29 is 9.53 Å². The minimum atomic E-state index is 0.0000380. The number of hydrogen-bond donors (Lipinski definition) is 0. The Morgan fingerprint density at radius 2 is 1.14 bits per heavy atom. The third-order valence-electron chi connectivity index (χ3n) is 5.99. The fourth-order valence-electron chi connectivity index (χ4n) is 4.36. The van der Waals surface area contributed by atoms with Gasteiger partial charge in [-0.2, -0.15) is 0 Å². The van der Waals surface area contributed by atoms with Gasteiger partial charge in [-0.3, -0.25) is 4.79 Å². The molecule has 0 saturated carbocycles. The largest absolute Gasteiger partial charge is 0.466 e. The smallest absolute Gasteiger partial charge is 0.305 e. The number of ether oxygens (including phenoxy) is 1. The fraction of sp³-hybridized carbons (Fsp3) is 0.963. The maximum absolute atomic E-state index is 11.9. The average molecular weight is 411 g/mol. The second-order valence-electron chi connectivity index (χ2n) is 10.4. The van der Waals surface area contributed by atoms with Crippen LogP contribution in [0.25, 0.3) is 0 Å². The van der Waals surface area contributed by atoms with Crippen molar-refractivity contribution in [1.82, 2.24) is 0 Å². The Kier molecular flexibility index (Phi) is 19.1. The van der Waals surface area contributed by atoms with Crippen LogP contribution in [-0.4, -0.2) is 12.6 Å².